The van der Waals surface area contributed by atoms with Gasteiger partial charge < -0.3 is 5.73 Å². The second-order valence-electron chi connectivity index (χ2n) is 9.00. The number of carbonyl (C=O) groups excluding carboxylic acids is 1. The van der Waals surface area contributed by atoms with Crippen LogP contribution in [-0.2, 0) is 16.7 Å². The Bertz CT molecular complexity index is 1610. The van der Waals surface area contributed by atoms with Crippen molar-refractivity contribution in [3.8, 4) is 6.07 Å². The normalized spacial score (nSPS) is 17.6. The van der Waals surface area contributed by atoms with Crippen LogP contribution < -0.4 is 10.6 Å². The molecule has 0 bridgehead atoms. The van der Waals surface area contributed by atoms with E-state index in [1.165, 1.54) is 42.1 Å². The van der Waals surface area contributed by atoms with Crippen molar-refractivity contribution in [1.82, 2.24) is 10.2 Å². The first-order valence-electron chi connectivity index (χ1n) is 11.9. The highest BCUT2D eigenvalue weighted by Gasteiger charge is 2.41. The summed E-state index contributed by atoms with van der Waals surface area (Å²) in [6.45, 7) is 0. The quantitative estimate of drug-likeness (QED) is 0.208. The molecule has 204 valence electrons. The molecule has 14 heteroatoms. The smallest absolute Gasteiger partial charge is 0.384 e. The zero-order chi connectivity index (χ0) is 28.6. The van der Waals surface area contributed by atoms with Crippen molar-refractivity contribution < 1.29 is 22.9 Å². The van der Waals surface area contributed by atoms with Crippen LogP contribution in [0.2, 0.25) is 0 Å². The van der Waals surface area contributed by atoms with Crippen molar-refractivity contribution >= 4 is 39.7 Å². The molecule has 2 heterocycles. The van der Waals surface area contributed by atoms with Crippen molar-refractivity contribution in [3.63, 3.8) is 0 Å². The molecular weight excluding hydrogens is 565 g/mol. The number of thioether (sulfide) groups is 1. The van der Waals surface area contributed by atoms with Crippen LogP contribution in [0.1, 0.15) is 41.9 Å². The molecule has 1 aliphatic carbocycles. The standard InChI is InChI=1S/C26H19F3N6O3S2/c27-26(28,29)16-4-1-3-14(11-16)13-39-25-33-32-24(40-25)34-19-5-2-6-20(36)22(19)21(18(12-30)23(34)31)15-7-9-17(10-8-15)35(37)38/h1,3-4,7-11,21H,2,5-6,13,31H2. The molecule has 1 atom stereocenters. The van der Waals surface area contributed by atoms with E-state index in [2.05, 4.69) is 16.3 Å². The minimum Gasteiger partial charge on any atom is -0.384 e. The van der Waals surface area contributed by atoms with Crippen LogP contribution in [0.25, 0.3) is 0 Å². The predicted octanol–water partition coefficient (Wildman–Crippen LogP) is 6.06. The number of Topliss-reactive ketones (excluding diaryl/α,β-unsaturated/α-hetero) is 1. The molecule has 5 rings (SSSR count). The Morgan fingerprint density at radius 3 is 2.62 bits per heavy atom. The minimum absolute atomic E-state index is 0.0740. The number of ketones is 1. The van der Waals surface area contributed by atoms with Gasteiger partial charge in [0.25, 0.3) is 5.69 Å². The highest BCUT2D eigenvalue weighted by atomic mass is 32.2. The van der Waals surface area contributed by atoms with E-state index in [0.717, 1.165) is 23.5 Å². The number of anilines is 1. The molecule has 0 radical (unpaired) electrons. The fraction of sp³-hybridized carbons (Fsp3) is 0.231. The van der Waals surface area contributed by atoms with Crippen LogP contribution in [-0.4, -0.2) is 20.9 Å². The lowest BCUT2D eigenvalue weighted by Gasteiger charge is -2.38. The number of nitro benzene ring substituents is 1. The summed E-state index contributed by atoms with van der Waals surface area (Å²) >= 11 is 2.35. The molecule has 1 aromatic heterocycles. The molecule has 2 aromatic carbocycles. The van der Waals surface area contributed by atoms with Gasteiger partial charge in [0.1, 0.15) is 5.82 Å². The van der Waals surface area contributed by atoms with Gasteiger partial charge in [-0.25, -0.2) is 0 Å². The van der Waals surface area contributed by atoms with Crippen LogP contribution in [0.4, 0.5) is 24.0 Å². The number of nitriles is 1. The Morgan fingerprint density at radius 2 is 1.95 bits per heavy atom. The van der Waals surface area contributed by atoms with Crippen molar-refractivity contribution in [3.05, 3.63) is 98.0 Å². The van der Waals surface area contributed by atoms with Crippen molar-refractivity contribution in [2.45, 2.75) is 41.4 Å². The van der Waals surface area contributed by atoms with Crippen molar-refractivity contribution in [1.29, 1.82) is 5.26 Å². The Kier molecular flexibility index (Phi) is 7.35. The molecule has 0 spiro atoms. The number of carbonyl (C=O) groups is 1. The number of benzene rings is 2. The van der Waals surface area contributed by atoms with E-state index < -0.39 is 22.6 Å². The predicted molar refractivity (Wildman–Crippen MR) is 142 cm³/mol. The van der Waals surface area contributed by atoms with E-state index in [1.54, 1.807) is 11.0 Å². The fourth-order valence-corrected chi connectivity index (χ4v) is 6.58. The lowest BCUT2D eigenvalue weighted by molar-refractivity contribution is -0.384. The van der Waals surface area contributed by atoms with Crippen LogP contribution in [0.15, 0.2) is 75.5 Å². The molecular formula is C26H19F3N6O3S2. The minimum atomic E-state index is -4.44. The summed E-state index contributed by atoms with van der Waals surface area (Å²) in [7, 11) is 0. The van der Waals surface area contributed by atoms with Crippen LogP contribution in [0, 0.1) is 21.4 Å². The van der Waals surface area contributed by atoms with Gasteiger partial charge in [-0.3, -0.25) is 19.8 Å². The van der Waals surface area contributed by atoms with Gasteiger partial charge in [0.15, 0.2) is 10.1 Å². The first-order chi connectivity index (χ1) is 19.1. The number of allylic oxidation sites excluding steroid dienone is 3. The van der Waals surface area contributed by atoms with Gasteiger partial charge >= 0.3 is 6.18 Å². The molecule has 3 aromatic rings. The van der Waals surface area contributed by atoms with Gasteiger partial charge in [-0.05, 0) is 30.0 Å². The molecule has 1 unspecified atom stereocenters. The average molecular weight is 585 g/mol. The number of nitro groups is 1. The first kappa shape index (κ1) is 27.4. The van der Waals surface area contributed by atoms with Crippen molar-refractivity contribution in [2.24, 2.45) is 5.73 Å². The number of hydrogen-bond acceptors (Lipinski definition) is 10. The number of hydrogen-bond donors (Lipinski definition) is 1. The third-order valence-electron chi connectivity index (χ3n) is 6.55. The van der Waals surface area contributed by atoms with Crippen LogP contribution in [0.3, 0.4) is 0 Å². The number of aromatic nitrogens is 2. The number of alkyl halides is 3. The number of halogens is 3. The van der Waals surface area contributed by atoms with Crippen LogP contribution in [0.5, 0.6) is 0 Å². The summed E-state index contributed by atoms with van der Waals surface area (Å²) < 4.78 is 39.7. The lowest BCUT2D eigenvalue weighted by atomic mass is 9.76. The van der Waals surface area contributed by atoms with Gasteiger partial charge in [0, 0.05) is 35.6 Å². The number of non-ortho nitro benzene ring substituents is 1. The summed E-state index contributed by atoms with van der Waals surface area (Å²) in [5, 5.41) is 29.9. The number of nitrogens with zero attached hydrogens (tertiary/aromatic N) is 5. The largest absolute Gasteiger partial charge is 0.416 e. The summed E-state index contributed by atoms with van der Waals surface area (Å²) in [6.07, 6.45) is -3.12. The average Bonchev–Trinajstić information content (AvgIpc) is 3.39. The maximum atomic E-state index is 13.2. The molecule has 0 saturated heterocycles. The zero-order valence-electron chi connectivity index (χ0n) is 20.5. The van der Waals surface area contributed by atoms with E-state index >= 15 is 0 Å². The third-order valence-corrected chi connectivity index (χ3v) is 8.67. The maximum Gasteiger partial charge on any atom is 0.416 e. The van der Waals surface area contributed by atoms with E-state index in [4.69, 9.17) is 5.73 Å². The van der Waals surface area contributed by atoms with Gasteiger partial charge in [0.05, 0.1) is 28.0 Å². The van der Waals surface area contributed by atoms with Gasteiger partial charge in [0.2, 0.25) is 5.13 Å². The molecule has 9 nitrogen and oxygen atoms in total. The van der Waals surface area contributed by atoms with E-state index in [0.29, 0.717) is 44.7 Å². The lowest BCUT2D eigenvalue weighted by Crippen LogP contribution is -2.38. The zero-order valence-corrected chi connectivity index (χ0v) is 22.1. The number of nitrogens with two attached hydrogens (primary N) is 1. The topological polar surface area (TPSA) is 139 Å². The SMILES string of the molecule is N#CC1=C(N)N(c2nnc(SCc3cccc(C(F)(F)F)c3)s2)C2=C(C(=O)CCC2)C1c1ccc([N+](=O)[O-])cc1. The highest BCUT2D eigenvalue weighted by Crippen LogP contribution is 2.47. The second kappa shape index (κ2) is 10.7. The number of rotatable bonds is 6. The van der Waals surface area contributed by atoms with Gasteiger partial charge in [-0.1, -0.05) is 53.4 Å². The Labute approximate surface area is 234 Å². The summed E-state index contributed by atoms with van der Waals surface area (Å²) in [5.41, 5.74) is 7.73. The molecule has 0 fully saturated rings. The Balaban J connectivity index is 1.48. The molecule has 0 amide bonds. The summed E-state index contributed by atoms with van der Waals surface area (Å²) in [6, 6.07) is 12.8. The molecule has 40 heavy (non-hydrogen) atoms. The molecule has 2 aliphatic rings. The second-order valence-corrected chi connectivity index (χ2v) is 11.2. The third kappa shape index (κ3) is 5.17. The highest BCUT2D eigenvalue weighted by molar-refractivity contribution is 8.00. The maximum absolute atomic E-state index is 13.2. The fourth-order valence-electron chi connectivity index (χ4n) is 4.76. The summed E-state index contributed by atoms with van der Waals surface area (Å²) in [4.78, 5) is 25.4. The monoisotopic (exact) mass is 584 g/mol. The summed E-state index contributed by atoms with van der Waals surface area (Å²) in [5.74, 6) is -0.641. The van der Waals surface area contributed by atoms with Gasteiger partial charge in [-0.2, -0.15) is 18.4 Å². The Hall–Kier alpha value is -4.22. The molecule has 2 N–H and O–H groups in total. The molecule has 0 saturated carbocycles. The Morgan fingerprint density at radius 1 is 1.20 bits per heavy atom. The van der Waals surface area contributed by atoms with E-state index in [9.17, 15) is 33.3 Å². The molecule has 1 aliphatic heterocycles. The van der Waals surface area contributed by atoms with Crippen molar-refractivity contribution in [2.75, 3.05) is 4.90 Å². The van der Waals surface area contributed by atoms with Gasteiger partial charge in [-0.15, -0.1) is 10.2 Å². The first-order valence-corrected chi connectivity index (χ1v) is 13.7. The van der Waals surface area contributed by atoms with E-state index in [-0.39, 0.29) is 35.0 Å². The van der Waals surface area contributed by atoms with E-state index in [1.807, 2.05) is 0 Å². The van der Waals surface area contributed by atoms with Crippen LogP contribution >= 0.6 is 23.1 Å².